The molecule has 0 saturated carbocycles. The standard InChI is InChI=1S/C15H17BN4O6S.C15H14BN3O5S/c1-3-24-11(21)6-10-12-7(2)4-8(5-9(12)16(22)26-10)25-15-19-18-14(27-15)13(17)20-23;1-4-22-12(20)7-11-13-8(2)5-9(6-10(13)16(21)24-11)23-15-19-18-14(17-3)25-15/h4-5,10,22-23H,3,6H2,1-2H3,(H2,17,20);5-6,11,21H,4,7H2,1-2H3. The number of rotatable bonds is 11. The number of aromatic nitrogens is 4. The molecule has 2 atom stereocenters. The number of fused-ring (bicyclic) bond motifs is 2. The molecule has 6 rings (SSSR count). The first kappa shape index (κ1) is 38.1. The summed E-state index contributed by atoms with van der Waals surface area (Å²) >= 11 is 2.03. The van der Waals surface area contributed by atoms with Gasteiger partial charge >= 0.3 is 36.5 Å². The van der Waals surface area contributed by atoms with Crippen molar-refractivity contribution in [3.8, 4) is 21.9 Å². The molecule has 0 saturated heterocycles. The van der Waals surface area contributed by atoms with Crippen molar-refractivity contribution in [2.75, 3.05) is 13.2 Å². The third kappa shape index (κ3) is 8.82. The summed E-state index contributed by atoms with van der Waals surface area (Å²) in [5, 5.41) is 47.7. The Bertz CT molecular complexity index is 2020. The number of nitrogens with zero attached hydrogens (tertiary/aromatic N) is 6. The zero-order valence-electron chi connectivity index (χ0n) is 28.1. The second kappa shape index (κ2) is 16.9. The summed E-state index contributed by atoms with van der Waals surface area (Å²) in [4.78, 5) is 26.7. The normalized spacial score (nSPS) is 16.0. The van der Waals surface area contributed by atoms with Crippen LogP contribution in [-0.4, -0.2) is 80.9 Å². The number of ether oxygens (including phenoxy) is 4. The van der Waals surface area contributed by atoms with E-state index < -0.39 is 32.4 Å². The maximum atomic E-state index is 11.8. The molecule has 2 unspecified atom stereocenters. The van der Waals surface area contributed by atoms with Gasteiger partial charge in [0.05, 0.1) is 38.3 Å². The Morgan fingerprint density at radius 3 is 1.79 bits per heavy atom. The summed E-state index contributed by atoms with van der Waals surface area (Å²) in [6.07, 6.45) is -1.10. The van der Waals surface area contributed by atoms with E-state index in [9.17, 15) is 19.6 Å². The number of nitrogens with two attached hydrogens (primary N) is 1. The number of benzene rings is 2. The fraction of sp³-hybridized carbons (Fsp3) is 0.333. The van der Waals surface area contributed by atoms with E-state index in [2.05, 4.69) is 30.4 Å². The molecule has 2 aliphatic rings. The Morgan fingerprint density at radius 1 is 0.865 bits per heavy atom. The number of hydrogen-bond acceptors (Lipinski definition) is 18. The van der Waals surface area contributed by atoms with E-state index in [1.165, 1.54) is 0 Å². The van der Waals surface area contributed by atoms with Gasteiger partial charge in [0, 0.05) is 5.10 Å². The first-order chi connectivity index (χ1) is 24.9. The van der Waals surface area contributed by atoms with Crippen LogP contribution in [0.1, 0.15) is 66.2 Å². The topological polar surface area (TPSA) is 245 Å². The van der Waals surface area contributed by atoms with E-state index in [0.717, 1.165) is 44.9 Å². The molecule has 0 aliphatic carbocycles. The van der Waals surface area contributed by atoms with Gasteiger partial charge in [-0.25, -0.2) is 0 Å². The molecule has 0 amide bonds. The van der Waals surface area contributed by atoms with E-state index in [-0.39, 0.29) is 51.8 Å². The van der Waals surface area contributed by atoms with Crippen molar-refractivity contribution in [1.82, 2.24) is 20.4 Å². The zero-order valence-corrected chi connectivity index (χ0v) is 29.8. The number of aryl methyl sites for hydroxylation is 2. The van der Waals surface area contributed by atoms with Crippen molar-refractivity contribution in [3.63, 3.8) is 0 Å². The predicted octanol–water partition coefficient (Wildman–Crippen LogP) is 2.35. The molecule has 0 radical (unpaired) electrons. The molecule has 270 valence electrons. The van der Waals surface area contributed by atoms with Gasteiger partial charge in [-0.1, -0.05) is 39.5 Å². The highest BCUT2D eigenvalue weighted by Crippen LogP contribution is 2.36. The van der Waals surface area contributed by atoms with Crippen LogP contribution in [0.25, 0.3) is 4.85 Å². The van der Waals surface area contributed by atoms with E-state index >= 15 is 0 Å². The molecule has 5 N–H and O–H groups in total. The van der Waals surface area contributed by atoms with Crippen LogP contribution in [-0.2, 0) is 28.4 Å². The fourth-order valence-electron chi connectivity index (χ4n) is 5.51. The summed E-state index contributed by atoms with van der Waals surface area (Å²) in [5.41, 5.74) is 9.60. The van der Waals surface area contributed by atoms with Gasteiger partial charge < -0.3 is 54.1 Å². The lowest BCUT2D eigenvalue weighted by atomic mass is 9.77. The van der Waals surface area contributed by atoms with Crippen molar-refractivity contribution in [3.05, 3.63) is 62.9 Å². The van der Waals surface area contributed by atoms with Crippen molar-refractivity contribution in [2.24, 2.45) is 10.9 Å². The zero-order chi connectivity index (χ0) is 37.5. The van der Waals surface area contributed by atoms with Crippen LogP contribution in [0.3, 0.4) is 0 Å². The Labute approximate surface area is 305 Å². The molecule has 2 aromatic heterocycles. The van der Waals surface area contributed by atoms with Gasteiger partial charge in [0.25, 0.3) is 5.19 Å². The molecule has 2 aliphatic heterocycles. The molecular weight excluding hydrogens is 720 g/mol. The van der Waals surface area contributed by atoms with Gasteiger partial charge in [-0.2, -0.15) is 0 Å². The van der Waals surface area contributed by atoms with E-state index in [1.54, 1.807) is 38.1 Å². The Hall–Kier alpha value is -5.17. The van der Waals surface area contributed by atoms with Gasteiger partial charge in [-0.15, -0.1) is 5.10 Å². The predicted molar refractivity (Wildman–Crippen MR) is 186 cm³/mol. The lowest BCUT2D eigenvalue weighted by Gasteiger charge is -2.14. The third-order valence-electron chi connectivity index (χ3n) is 7.50. The smallest absolute Gasteiger partial charge is 0.466 e. The first-order valence-corrected chi connectivity index (χ1v) is 17.2. The molecule has 0 spiro atoms. The number of oxime groups is 1. The molecule has 0 bridgehead atoms. The number of carbonyl (C=O) groups excluding carboxylic acids is 2. The lowest BCUT2D eigenvalue weighted by Crippen LogP contribution is -2.28. The molecular formula is C30H31B2N7O11S2. The van der Waals surface area contributed by atoms with Crippen LogP contribution in [0.5, 0.6) is 21.9 Å². The quantitative estimate of drug-likeness (QED) is 0.0327. The number of hydrogen-bond donors (Lipinski definition) is 4. The minimum absolute atomic E-state index is 0.0124. The SMILES string of the molecule is CCOC(=O)CC1OB(O)c2cc(Oc3nnc(C(N)=NO)s3)cc(C)c21.[C-]#[N+]c1nnc(Oc2cc(C)c3c(c2)B(O)OC3CC(=O)OCC)s1. The van der Waals surface area contributed by atoms with Gasteiger partial charge in [0.15, 0.2) is 5.01 Å². The van der Waals surface area contributed by atoms with Crippen LogP contribution < -0.4 is 26.1 Å². The molecule has 0 fully saturated rings. The summed E-state index contributed by atoms with van der Waals surface area (Å²) in [5.74, 6) is -0.0889. The molecule has 22 heteroatoms. The van der Waals surface area contributed by atoms with Crippen molar-refractivity contribution >= 4 is 70.7 Å². The lowest BCUT2D eigenvalue weighted by molar-refractivity contribution is -0.146. The Balaban J connectivity index is 0.000000202. The van der Waals surface area contributed by atoms with Gasteiger partial charge in [-0.3, -0.25) is 9.59 Å². The van der Waals surface area contributed by atoms with Crippen LogP contribution in [0.15, 0.2) is 29.4 Å². The second-order valence-corrected chi connectivity index (χ2v) is 12.8. The first-order valence-electron chi connectivity index (χ1n) is 15.6. The molecule has 18 nitrogen and oxygen atoms in total. The highest BCUT2D eigenvalue weighted by Gasteiger charge is 2.39. The van der Waals surface area contributed by atoms with Crippen molar-refractivity contribution in [1.29, 1.82) is 0 Å². The van der Waals surface area contributed by atoms with Crippen LogP contribution in [0.4, 0.5) is 5.13 Å². The number of carbonyl (C=O) groups is 2. The average molecular weight is 751 g/mol. The number of esters is 2. The largest absolute Gasteiger partial charge is 0.492 e. The highest BCUT2D eigenvalue weighted by atomic mass is 32.1. The van der Waals surface area contributed by atoms with E-state index in [4.69, 9.17) is 45.8 Å². The molecule has 4 aromatic rings. The minimum Gasteiger partial charge on any atom is -0.466 e. The fourth-order valence-corrected chi connectivity index (χ4v) is 6.63. The molecule has 52 heavy (non-hydrogen) atoms. The highest BCUT2D eigenvalue weighted by molar-refractivity contribution is 7.17. The van der Waals surface area contributed by atoms with Gasteiger partial charge in [0.2, 0.25) is 5.84 Å². The average Bonchev–Trinajstić information content (AvgIpc) is 3.89. The Kier molecular flexibility index (Phi) is 12.4. The second-order valence-electron chi connectivity index (χ2n) is 11.0. The third-order valence-corrected chi connectivity index (χ3v) is 9.02. The summed E-state index contributed by atoms with van der Waals surface area (Å²) in [7, 11) is -2.33. The Morgan fingerprint density at radius 2 is 1.35 bits per heavy atom. The number of amidine groups is 1. The minimum atomic E-state index is -1.18. The monoisotopic (exact) mass is 751 g/mol. The van der Waals surface area contributed by atoms with Crippen molar-refractivity contribution in [2.45, 2.75) is 52.7 Å². The van der Waals surface area contributed by atoms with Crippen LogP contribution >= 0.6 is 22.7 Å². The van der Waals surface area contributed by atoms with Gasteiger partial charge in [-0.05, 0) is 90.2 Å². The summed E-state index contributed by atoms with van der Waals surface area (Å²) < 4.78 is 32.2. The van der Waals surface area contributed by atoms with Crippen LogP contribution in [0, 0.1) is 20.4 Å². The van der Waals surface area contributed by atoms with E-state index in [0.29, 0.717) is 29.0 Å². The summed E-state index contributed by atoms with van der Waals surface area (Å²) in [6.45, 7) is 14.6. The maximum absolute atomic E-state index is 11.8. The summed E-state index contributed by atoms with van der Waals surface area (Å²) in [6, 6.07) is 6.75. The van der Waals surface area contributed by atoms with Crippen molar-refractivity contribution < 1.29 is 53.1 Å². The molecule has 4 heterocycles. The van der Waals surface area contributed by atoms with Gasteiger partial charge in [0.1, 0.15) is 11.5 Å². The van der Waals surface area contributed by atoms with E-state index in [1.807, 2.05) is 13.8 Å². The maximum Gasteiger partial charge on any atom is 0.492 e. The molecule has 2 aromatic carbocycles. The van der Waals surface area contributed by atoms with Crippen LogP contribution in [0.2, 0.25) is 0 Å².